The molecule has 2 rings (SSSR count). The molecule has 4 nitrogen and oxygen atoms in total. The Bertz CT molecular complexity index is 640. The summed E-state index contributed by atoms with van der Waals surface area (Å²) >= 11 is 0. The average Bonchev–Trinajstić information content (AvgIpc) is 2.97. The third kappa shape index (κ3) is 4.35. The van der Waals surface area contributed by atoms with Crippen LogP contribution in [-0.2, 0) is 9.53 Å². The highest BCUT2D eigenvalue weighted by molar-refractivity contribution is 5.98. The molecule has 1 aliphatic rings. The smallest absolute Gasteiger partial charge is 0.338 e. The third-order valence-corrected chi connectivity index (χ3v) is 3.75. The maximum atomic E-state index is 12.0. The number of carbonyl (C=O) groups excluding carboxylic acids is 2. The minimum Gasteiger partial charge on any atom is -0.462 e. The first-order valence-electron chi connectivity index (χ1n) is 8.27. The fourth-order valence-electron chi connectivity index (χ4n) is 2.54. The third-order valence-electron chi connectivity index (χ3n) is 3.75. The lowest BCUT2D eigenvalue weighted by Crippen LogP contribution is -2.24. The van der Waals surface area contributed by atoms with Gasteiger partial charge in [0.15, 0.2) is 0 Å². The summed E-state index contributed by atoms with van der Waals surface area (Å²) in [6.07, 6.45) is 4.38. The van der Waals surface area contributed by atoms with Crippen LogP contribution in [0.3, 0.4) is 0 Å². The van der Waals surface area contributed by atoms with E-state index in [2.05, 4.69) is 18.8 Å². The molecule has 4 heteroatoms. The minimum atomic E-state index is -0.358. The fourth-order valence-corrected chi connectivity index (χ4v) is 2.54. The van der Waals surface area contributed by atoms with Crippen LogP contribution in [0, 0.1) is 11.8 Å². The van der Waals surface area contributed by atoms with E-state index in [0.29, 0.717) is 25.1 Å². The van der Waals surface area contributed by atoms with Gasteiger partial charge in [0, 0.05) is 24.9 Å². The lowest BCUT2D eigenvalue weighted by Gasteiger charge is -2.18. The van der Waals surface area contributed by atoms with Gasteiger partial charge in [-0.25, -0.2) is 4.79 Å². The van der Waals surface area contributed by atoms with Gasteiger partial charge in [0.25, 0.3) is 0 Å². The number of esters is 1. The topological polar surface area (TPSA) is 46.6 Å². The van der Waals surface area contributed by atoms with Crippen molar-refractivity contribution < 1.29 is 14.3 Å². The second-order valence-corrected chi connectivity index (χ2v) is 5.51. The lowest BCUT2D eigenvalue weighted by molar-refractivity contribution is -0.117. The van der Waals surface area contributed by atoms with E-state index in [1.807, 2.05) is 0 Å². The molecule has 0 radical (unpaired) electrons. The maximum Gasteiger partial charge on any atom is 0.338 e. The van der Waals surface area contributed by atoms with Crippen molar-refractivity contribution in [3.05, 3.63) is 29.3 Å². The maximum absolute atomic E-state index is 12.0. The van der Waals surface area contributed by atoms with Crippen molar-refractivity contribution >= 4 is 17.6 Å². The van der Waals surface area contributed by atoms with Gasteiger partial charge in [0.05, 0.1) is 17.9 Å². The van der Waals surface area contributed by atoms with E-state index < -0.39 is 0 Å². The summed E-state index contributed by atoms with van der Waals surface area (Å²) in [5, 5.41) is 0. The van der Waals surface area contributed by atoms with Gasteiger partial charge in [0.2, 0.25) is 5.91 Å². The molecule has 0 atom stereocenters. The summed E-state index contributed by atoms with van der Waals surface area (Å²) in [6, 6.07) is 5.24. The van der Waals surface area contributed by atoms with Crippen molar-refractivity contribution in [2.45, 2.75) is 46.0 Å². The van der Waals surface area contributed by atoms with E-state index in [1.54, 1.807) is 30.0 Å². The number of hydrogen-bond donors (Lipinski definition) is 0. The molecule has 23 heavy (non-hydrogen) atoms. The van der Waals surface area contributed by atoms with Gasteiger partial charge >= 0.3 is 5.97 Å². The van der Waals surface area contributed by atoms with Gasteiger partial charge in [-0.05, 0) is 38.0 Å². The van der Waals surface area contributed by atoms with E-state index >= 15 is 0 Å². The highest BCUT2D eigenvalue weighted by atomic mass is 16.5. The molecule has 0 aromatic heterocycles. The minimum absolute atomic E-state index is 0.116. The summed E-state index contributed by atoms with van der Waals surface area (Å²) in [7, 11) is 0. The summed E-state index contributed by atoms with van der Waals surface area (Å²) in [5.41, 5.74) is 1.99. The summed E-state index contributed by atoms with van der Waals surface area (Å²) in [6.45, 7) is 4.95. The first kappa shape index (κ1) is 17.1. The van der Waals surface area contributed by atoms with Crippen molar-refractivity contribution in [3.63, 3.8) is 0 Å². The molecule has 1 fully saturated rings. The molecule has 1 saturated heterocycles. The van der Waals surface area contributed by atoms with Crippen molar-refractivity contribution in [1.82, 2.24) is 0 Å². The highest BCUT2D eigenvalue weighted by Crippen LogP contribution is 2.26. The van der Waals surface area contributed by atoms with Crippen LogP contribution in [0.25, 0.3) is 0 Å². The molecule has 1 aromatic carbocycles. The van der Waals surface area contributed by atoms with E-state index in [0.717, 1.165) is 36.9 Å². The van der Waals surface area contributed by atoms with Gasteiger partial charge in [-0.2, -0.15) is 0 Å². The zero-order valence-electron chi connectivity index (χ0n) is 13.9. The lowest BCUT2D eigenvalue weighted by atomic mass is 10.1. The van der Waals surface area contributed by atoms with Crippen LogP contribution in [-0.4, -0.2) is 25.0 Å². The van der Waals surface area contributed by atoms with E-state index in [1.165, 1.54) is 0 Å². The number of rotatable bonds is 5. The molecule has 122 valence electrons. The number of anilines is 1. The molecule has 1 heterocycles. The molecule has 0 unspecified atom stereocenters. The Balaban J connectivity index is 2.33. The van der Waals surface area contributed by atoms with Crippen LogP contribution in [0.2, 0.25) is 0 Å². The predicted octanol–water partition coefficient (Wildman–Crippen LogP) is 3.53. The zero-order chi connectivity index (χ0) is 16.7. The number of ether oxygens (including phenoxy) is 1. The Labute approximate surface area is 137 Å². The highest BCUT2D eigenvalue weighted by Gasteiger charge is 2.24. The molecule has 0 N–H and O–H groups in total. The Kier molecular flexibility index (Phi) is 6.22. The van der Waals surface area contributed by atoms with Crippen LogP contribution >= 0.6 is 0 Å². The van der Waals surface area contributed by atoms with Crippen LogP contribution in [0.5, 0.6) is 0 Å². The first-order valence-corrected chi connectivity index (χ1v) is 8.27. The molecular weight excluding hydrogens is 290 g/mol. The molecule has 1 aromatic rings. The van der Waals surface area contributed by atoms with E-state index in [-0.39, 0.29) is 11.9 Å². The molecule has 1 aliphatic heterocycles. The number of hydrogen-bond acceptors (Lipinski definition) is 3. The summed E-state index contributed by atoms with van der Waals surface area (Å²) < 4.78 is 5.04. The number of unbranched alkanes of at least 4 members (excludes halogenated alkanes) is 2. The summed E-state index contributed by atoms with van der Waals surface area (Å²) in [5.74, 6) is 6.03. The largest absolute Gasteiger partial charge is 0.462 e. The van der Waals surface area contributed by atoms with Gasteiger partial charge in [-0.3, -0.25) is 4.79 Å². The van der Waals surface area contributed by atoms with Crippen LogP contribution in [0.1, 0.15) is 61.9 Å². The van der Waals surface area contributed by atoms with E-state index in [9.17, 15) is 9.59 Å². The quantitative estimate of drug-likeness (QED) is 0.474. The molecule has 1 amide bonds. The molecule has 0 saturated carbocycles. The van der Waals surface area contributed by atoms with Gasteiger partial charge in [-0.1, -0.05) is 25.2 Å². The number of amides is 1. The Morgan fingerprint density at radius 3 is 2.83 bits per heavy atom. The van der Waals surface area contributed by atoms with Crippen LogP contribution in [0.15, 0.2) is 18.2 Å². The number of benzene rings is 1. The number of nitrogens with zero attached hydrogens (tertiary/aromatic N) is 1. The number of carbonyl (C=O) groups is 2. The summed E-state index contributed by atoms with van der Waals surface area (Å²) in [4.78, 5) is 25.7. The van der Waals surface area contributed by atoms with Crippen molar-refractivity contribution in [1.29, 1.82) is 0 Å². The zero-order valence-corrected chi connectivity index (χ0v) is 13.9. The Morgan fingerprint density at radius 2 is 2.17 bits per heavy atom. The average molecular weight is 313 g/mol. The second kappa shape index (κ2) is 8.38. The monoisotopic (exact) mass is 313 g/mol. The van der Waals surface area contributed by atoms with Crippen molar-refractivity contribution in [2.24, 2.45) is 0 Å². The Hall–Kier alpha value is -2.28. The standard InChI is InChI=1S/C19H23NO3/c1-3-5-6-7-9-15-14-16(19(22)23-4-2)11-12-17(15)20-13-8-10-18(20)21/h11-12,14H,3-6,8,10,13H2,1-2H3. The van der Waals surface area contributed by atoms with Crippen LogP contribution in [0.4, 0.5) is 5.69 Å². The SMILES string of the molecule is CCCCC#Cc1cc(C(=O)OCC)ccc1N1CCCC1=O. The van der Waals surface area contributed by atoms with Gasteiger partial charge in [0.1, 0.15) is 0 Å². The molecule has 0 bridgehead atoms. The molecular formula is C19H23NO3. The van der Waals surface area contributed by atoms with E-state index in [4.69, 9.17) is 4.74 Å². The second-order valence-electron chi connectivity index (χ2n) is 5.51. The molecule has 0 spiro atoms. The normalized spacial score (nSPS) is 13.7. The molecule has 0 aliphatic carbocycles. The van der Waals surface area contributed by atoms with Crippen LogP contribution < -0.4 is 4.90 Å². The van der Waals surface area contributed by atoms with Gasteiger partial charge < -0.3 is 9.64 Å². The van der Waals surface area contributed by atoms with Crippen molar-refractivity contribution in [2.75, 3.05) is 18.1 Å². The first-order chi connectivity index (χ1) is 11.2. The van der Waals surface area contributed by atoms with Gasteiger partial charge in [-0.15, -0.1) is 0 Å². The Morgan fingerprint density at radius 1 is 1.35 bits per heavy atom. The van der Waals surface area contributed by atoms with Crippen molar-refractivity contribution in [3.8, 4) is 11.8 Å². The predicted molar refractivity (Wildman–Crippen MR) is 90.4 cm³/mol. The fraction of sp³-hybridized carbons (Fsp3) is 0.474.